The van der Waals surface area contributed by atoms with Crippen molar-refractivity contribution in [3.8, 4) is 12.0 Å². The first-order valence-electron chi connectivity index (χ1n) is 3.48. The van der Waals surface area contributed by atoms with Crippen molar-refractivity contribution in [1.82, 2.24) is 0 Å². The minimum absolute atomic E-state index is 0.562. The first kappa shape index (κ1) is 9.32. The average molecular weight is 142 g/mol. The van der Waals surface area contributed by atoms with Gasteiger partial charge in [0.15, 0.2) is 0 Å². The molecule has 58 valence electrons. The third kappa shape index (κ3) is 4.22. The summed E-state index contributed by atoms with van der Waals surface area (Å²) in [7, 11) is 0. The summed E-state index contributed by atoms with van der Waals surface area (Å²) in [6, 6.07) is 0. The maximum atomic E-state index is 9.30. The van der Waals surface area contributed by atoms with Crippen LogP contribution in [0.2, 0.25) is 0 Å². The predicted molar refractivity (Wildman–Crippen MR) is 40.3 cm³/mol. The van der Waals surface area contributed by atoms with Crippen molar-refractivity contribution < 1.29 is 9.84 Å². The largest absolute Gasteiger partial charge is 0.447 e. The van der Waals surface area contributed by atoms with Crippen molar-refractivity contribution in [2.45, 2.75) is 32.8 Å². The van der Waals surface area contributed by atoms with Gasteiger partial charge in [0.05, 0.1) is 6.61 Å². The summed E-state index contributed by atoms with van der Waals surface area (Å²) in [5.74, 6) is 2.59. The lowest BCUT2D eigenvalue weighted by molar-refractivity contribution is 0.116. The zero-order valence-corrected chi connectivity index (χ0v) is 6.77. The third-order valence-corrected chi connectivity index (χ3v) is 1.23. The second kappa shape index (κ2) is 4.19. The van der Waals surface area contributed by atoms with E-state index in [9.17, 15) is 5.11 Å². The number of hydrogen-bond acceptors (Lipinski definition) is 2. The molecule has 1 atom stereocenters. The van der Waals surface area contributed by atoms with Crippen LogP contribution in [-0.4, -0.2) is 17.3 Å². The van der Waals surface area contributed by atoms with Crippen LogP contribution in [0.15, 0.2) is 0 Å². The molecule has 1 N–H and O–H groups in total. The molecule has 0 aliphatic rings. The minimum Gasteiger partial charge on any atom is -0.447 e. The van der Waals surface area contributed by atoms with Crippen molar-refractivity contribution in [2.75, 3.05) is 6.61 Å². The highest BCUT2D eigenvalue weighted by Crippen LogP contribution is 2.04. The van der Waals surface area contributed by atoms with Crippen LogP contribution < -0.4 is 0 Å². The van der Waals surface area contributed by atoms with Gasteiger partial charge in [0.25, 0.3) is 0 Å². The lowest BCUT2D eigenvalue weighted by atomic mass is 10.1. The summed E-state index contributed by atoms with van der Waals surface area (Å²) in [4.78, 5) is 0. The zero-order valence-electron chi connectivity index (χ0n) is 6.77. The number of rotatable bonds is 2. The van der Waals surface area contributed by atoms with Crippen LogP contribution in [0.5, 0.6) is 0 Å². The summed E-state index contributed by atoms with van der Waals surface area (Å²) in [6.45, 7) is 5.96. The topological polar surface area (TPSA) is 29.5 Å². The van der Waals surface area contributed by atoms with Crippen LogP contribution in [0.3, 0.4) is 0 Å². The van der Waals surface area contributed by atoms with Crippen molar-refractivity contribution in [3.05, 3.63) is 0 Å². The van der Waals surface area contributed by atoms with Crippen molar-refractivity contribution in [1.29, 1.82) is 0 Å². The zero-order chi connectivity index (χ0) is 8.04. The molecule has 0 heterocycles. The number of ether oxygens (including phenoxy) is 1. The molecule has 0 aromatic carbocycles. The fourth-order valence-corrected chi connectivity index (χ4v) is 0.307. The van der Waals surface area contributed by atoms with Crippen LogP contribution >= 0.6 is 0 Å². The van der Waals surface area contributed by atoms with E-state index in [0.29, 0.717) is 13.0 Å². The molecule has 0 radical (unpaired) electrons. The Morgan fingerprint density at radius 2 is 2.10 bits per heavy atom. The first-order chi connectivity index (χ1) is 4.62. The van der Waals surface area contributed by atoms with Crippen LogP contribution in [0.25, 0.3) is 0 Å². The predicted octanol–water partition coefficient (Wildman–Crippen LogP) is 1.14. The lowest BCUT2D eigenvalue weighted by Crippen LogP contribution is -2.19. The van der Waals surface area contributed by atoms with E-state index in [1.54, 1.807) is 6.92 Å². The van der Waals surface area contributed by atoms with Crippen LogP contribution in [0.1, 0.15) is 27.2 Å². The molecular weight excluding hydrogens is 128 g/mol. The molecule has 2 nitrogen and oxygen atoms in total. The quantitative estimate of drug-likeness (QED) is 0.586. The fourth-order valence-electron chi connectivity index (χ4n) is 0.307. The van der Waals surface area contributed by atoms with Gasteiger partial charge in [0.1, 0.15) is 11.7 Å². The molecule has 10 heavy (non-hydrogen) atoms. The molecule has 0 aliphatic heterocycles. The Balaban J connectivity index is 3.77. The van der Waals surface area contributed by atoms with E-state index in [1.807, 2.05) is 13.8 Å². The second-order valence-electron chi connectivity index (χ2n) is 2.29. The summed E-state index contributed by atoms with van der Waals surface area (Å²) < 4.78 is 4.75. The van der Waals surface area contributed by atoms with Gasteiger partial charge >= 0.3 is 0 Å². The van der Waals surface area contributed by atoms with E-state index < -0.39 is 5.60 Å². The SMILES string of the molecule is CCOC#CC(C)(O)CC. The highest BCUT2D eigenvalue weighted by Gasteiger charge is 2.12. The Morgan fingerprint density at radius 1 is 1.50 bits per heavy atom. The van der Waals surface area contributed by atoms with E-state index in [1.165, 1.54) is 0 Å². The summed E-state index contributed by atoms with van der Waals surface area (Å²) in [6.07, 6.45) is 3.04. The second-order valence-corrected chi connectivity index (χ2v) is 2.29. The molecular formula is C8H14O2. The summed E-state index contributed by atoms with van der Waals surface area (Å²) >= 11 is 0. The standard InChI is InChI=1S/C8H14O2/c1-4-8(3,9)6-7-10-5-2/h9H,4-5H2,1-3H3. The number of hydrogen-bond donors (Lipinski definition) is 1. The molecule has 0 rings (SSSR count). The van der Waals surface area contributed by atoms with Gasteiger partial charge in [-0.05, 0) is 26.2 Å². The Bertz CT molecular complexity index is 139. The normalized spacial score (nSPS) is 14.8. The molecule has 0 bridgehead atoms. The third-order valence-electron chi connectivity index (χ3n) is 1.23. The first-order valence-corrected chi connectivity index (χ1v) is 3.48. The van der Waals surface area contributed by atoms with Crippen LogP contribution in [0, 0.1) is 12.0 Å². The Kier molecular flexibility index (Phi) is 3.90. The molecule has 0 amide bonds. The van der Waals surface area contributed by atoms with Crippen molar-refractivity contribution in [2.24, 2.45) is 0 Å². The van der Waals surface area contributed by atoms with E-state index in [4.69, 9.17) is 4.74 Å². The van der Waals surface area contributed by atoms with Gasteiger partial charge in [-0.1, -0.05) is 6.92 Å². The van der Waals surface area contributed by atoms with Gasteiger partial charge in [-0.3, -0.25) is 0 Å². The van der Waals surface area contributed by atoms with Crippen LogP contribution in [0.4, 0.5) is 0 Å². The molecule has 0 aromatic rings. The summed E-state index contributed by atoms with van der Waals surface area (Å²) in [5, 5.41) is 9.30. The maximum Gasteiger partial charge on any atom is 0.125 e. The molecule has 1 unspecified atom stereocenters. The molecule has 0 saturated heterocycles. The Morgan fingerprint density at radius 3 is 2.50 bits per heavy atom. The van der Waals surface area contributed by atoms with Gasteiger partial charge in [-0.15, -0.1) is 0 Å². The minimum atomic E-state index is -0.894. The van der Waals surface area contributed by atoms with Gasteiger partial charge in [0, 0.05) is 0 Å². The Hall–Kier alpha value is -0.680. The van der Waals surface area contributed by atoms with E-state index >= 15 is 0 Å². The van der Waals surface area contributed by atoms with Crippen LogP contribution in [-0.2, 0) is 4.74 Å². The molecule has 0 saturated carbocycles. The number of aliphatic hydroxyl groups is 1. The van der Waals surface area contributed by atoms with E-state index in [-0.39, 0.29) is 0 Å². The van der Waals surface area contributed by atoms with E-state index in [2.05, 4.69) is 12.0 Å². The molecule has 2 heteroatoms. The maximum absolute atomic E-state index is 9.30. The molecule has 0 aromatic heterocycles. The van der Waals surface area contributed by atoms with Gasteiger partial charge in [-0.2, -0.15) is 0 Å². The van der Waals surface area contributed by atoms with Gasteiger partial charge in [0.2, 0.25) is 0 Å². The fraction of sp³-hybridized carbons (Fsp3) is 0.750. The molecule has 0 aliphatic carbocycles. The van der Waals surface area contributed by atoms with E-state index in [0.717, 1.165) is 0 Å². The summed E-state index contributed by atoms with van der Waals surface area (Å²) in [5.41, 5.74) is -0.894. The molecule has 0 fully saturated rings. The molecule has 0 spiro atoms. The van der Waals surface area contributed by atoms with Gasteiger partial charge in [-0.25, -0.2) is 0 Å². The smallest absolute Gasteiger partial charge is 0.125 e. The lowest BCUT2D eigenvalue weighted by Gasteiger charge is -2.10. The highest BCUT2D eigenvalue weighted by atomic mass is 16.5. The average Bonchev–Trinajstić information content (AvgIpc) is 1.89. The monoisotopic (exact) mass is 142 g/mol. The highest BCUT2D eigenvalue weighted by molar-refractivity contribution is 5.07. The Labute approximate surface area is 62.2 Å². The van der Waals surface area contributed by atoms with Crippen molar-refractivity contribution >= 4 is 0 Å². The van der Waals surface area contributed by atoms with Gasteiger partial charge < -0.3 is 9.84 Å². The van der Waals surface area contributed by atoms with Crippen molar-refractivity contribution in [3.63, 3.8) is 0 Å².